The van der Waals surface area contributed by atoms with E-state index in [1.54, 1.807) is 13.2 Å². The van der Waals surface area contributed by atoms with Crippen LogP contribution in [0.5, 0.6) is 5.75 Å². The van der Waals surface area contributed by atoms with Crippen LogP contribution in [0.15, 0.2) is 54.6 Å². The zero-order valence-electron chi connectivity index (χ0n) is 13.4. The van der Waals surface area contributed by atoms with Crippen molar-refractivity contribution in [2.24, 2.45) is 0 Å². The molecule has 0 spiro atoms. The molecule has 2 heterocycles. The molecular weight excluding hydrogens is 300 g/mol. The van der Waals surface area contributed by atoms with Gasteiger partial charge in [-0.05, 0) is 30.2 Å². The number of hydrogen-bond donors (Lipinski definition) is 2. The SMILES string of the molecule is COc1ccc2[nH]c3c(c2c1)CCN/C3=C\C(=O)c1ccccc1. The number of methoxy groups -OCH3 is 1. The number of nitrogens with one attached hydrogen (secondary N) is 2. The second-order valence-corrected chi connectivity index (χ2v) is 5.86. The van der Waals surface area contributed by atoms with Gasteiger partial charge in [0, 0.05) is 29.1 Å². The van der Waals surface area contributed by atoms with Gasteiger partial charge < -0.3 is 15.0 Å². The molecule has 0 radical (unpaired) electrons. The Kier molecular flexibility index (Phi) is 3.58. The lowest BCUT2D eigenvalue weighted by atomic mass is 10.0. The number of H-pyrrole nitrogens is 1. The van der Waals surface area contributed by atoms with Gasteiger partial charge in [-0.25, -0.2) is 0 Å². The van der Waals surface area contributed by atoms with Gasteiger partial charge in [0.1, 0.15) is 5.75 Å². The summed E-state index contributed by atoms with van der Waals surface area (Å²) in [6.45, 7) is 0.811. The van der Waals surface area contributed by atoms with E-state index in [4.69, 9.17) is 4.74 Å². The summed E-state index contributed by atoms with van der Waals surface area (Å²) in [6.07, 6.45) is 2.60. The van der Waals surface area contributed by atoms with Crippen molar-refractivity contribution < 1.29 is 9.53 Å². The Bertz CT molecular complexity index is 939. The summed E-state index contributed by atoms with van der Waals surface area (Å²) in [7, 11) is 1.67. The highest BCUT2D eigenvalue weighted by Gasteiger charge is 2.20. The summed E-state index contributed by atoms with van der Waals surface area (Å²) < 4.78 is 5.33. The Morgan fingerprint density at radius 1 is 1.17 bits per heavy atom. The van der Waals surface area contributed by atoms with E-state index >= 15 is 0 Å². The zero-order valence-corrected chi connectivity index (χ0v) is 13.4. The van der Waals surface area contributed by atoms with Crippen molar-refractivity contribution in [2.75, 3.05) is 13.7 Å². The minimum atomic E-state index is 0.00202. The van der Waals surface area contributed by atoms with Gasteiger partial charge in [-0.1, -0.05) is 30.3 Å². The monoisotopic (exact) mass is 318 g/mol. The van der Waals surface area contributed by atoms with E-state index in [1.807, 2.05) is 48.5 Å². The van der Waals surface area contributed by atoms with Crippen molar-refractivity contribution in [3.05, 3.63) is 71.4 Å². The van der Waals surface area contributed by atoms with Crippen molar-refractivity contribution >= 4 is 22.4 Å². The molecule has 0 unspecified atom stereocenters. The fraction of sp³-hybridized carbons (Fsp3) is 0.150. The number of carbonyl (C=O) groups excluding carboxylic acids is 1. The van der Waals surface area contributed by atoms with Gasteiger partial charge in [-0.2, -0.15) is 0 Å². The number of benzene rings is 2. The van der Waals surface area contributed by atoms with Crippen LogP contribution in [0.4, 0.5) is 0 Å². The van der Waals surface area contributed by atoms with Crippen LogP contribution >= 0.6 is 0 Å². The third-order valence-corrected chi connectivity index (χ3v) is 4.41. The average molecular weight is 318 g/mol. The summed E-state index contributed by atoms with van der Waals surface area (Å²) in [4.78, 5) is 15.9. The van der Waals surface area contributed by atoms with Crippen molar-refractivity contribution in [3.63, 3.8) is 0 Å². The van der Waals surface area contributed by atoms with E-state index < -0.39 is 0 Å². The van der Waals surface area contributed by atoms with Crippen LogP contribution in [0.1, 0.15) is 21.6 Å². The molecule has 1 aromatic heterocycles. The molecule has 0 amide bonds. The van der Waals surface area contributed by atoms with Crippen molar-refractivity contribution in [1.29, 1.82) is 0 Å². The third kappa shape index (κ3) is 2.46. The van der Waals surface area contributed by atoms with Crippen LogP contribution in [-0.4, -0.2) is 24.4 Å². The van der Waals surface area contributed by atoms with Crippen LogP contribution < -0.4 is 10.1 Å². The maximum atomic E-state index is 12.5. The molecule has 4 heteroatoms. The van der Waals surface area contributed by atoms with Gasteiger partial charge in [0.05, 0.1) is 18.5 Å². The Labute approximate surface area is 140 Å². The number of rotatable bonds is 3. The summed E-state index contributed by atoms with van der Waals surface area (Å²) in [6, 6.07) is 15.3. The predicted molar refractivity (Wildman–Crippen MR) is 95.3 cm³/mol. The largest absolute Gasteiger partial charge is 0.497 e. The highest BCUT2D eigenvalue weighted by molar-refractivity contribution is 6.09. The first-order valence-corrected chi connectivity index (χ1v) is 8.00. The third-order valence-electron chi connectivity index (χ3n) is 4.41. The molecule has 2 N–H and O–H groups in total. The number of ether oxygens (including phenoxy) is 1. The van der Waals surface area contributed by atoms with Crippen molar-refractivity contribution in [2.45, 2.75) is 6.42 Å². The number of carbonyl (C=O) groups is 1. The predicted octanol–water partition coefficient (Wildman–Crippen LogP) is 3.55. The number of allylic oxidation sites excluding steroid dienone is 1. The molecule has 1 aliphatic heterocycles. The Balaban J connectivity index is 1.79. The highest BCUT2D eigenvalue weighted by atomic mass is 16.5. The number of ketones is 1. The van der Waals surface area contributed by atoms with Crippen molar-refractivity contribution in [3.8, 4) is 5.75 Å². The molecule has 4 rings (SSSR count). The van der Waals surface area contributed by atoms with Gasteiger partial charge in [0.2, 0.25) is 0 Å². The van der Waals surface area contributed by atoms with E-state index in [0.717, 1.165) is 41.0 Å². The van der Waals surface area contributed by atoms with Gasteiger partial charge in [-0.15, -0.1) is 0 Å². The molecule has 0 aliphatic carbocycles. The standard InChI is InChI=1S/C20H18N2O2/c1-24-14-7-8-17-16(11-14)15-9-10-21-18(20(15)22-17)12-19(23)13-5-3-2-4-6-13/h2-8,11-12,21-22H,9-10H2,1H3/b18-12-. The first-order chi connectivity index (χ1) is 11.8. The number of fused-ring (bicyclic) bond motifs is 3. The fourth-order valence-electron chi connectivity index (χ4n) is 3.19. The average Bonchev–Trinajstić information content (AvgIpc) is 3.01. The molecule has 1 aliphatic rings. The van der Waals surface area contributed by atoms with E-state index in [-0.39, 0.29) is 5.78 Å². The lowest BCUT2D eigenvalue weighted by molar-refractivity contribution is 0.104. The molecular formula is C20H18N2O2. The van der Waals surface area contributed by atoms with Gasteiger partial charge in [0.25, 0.3) is 0 Å². The molecule has 120 valence electrons. The molecule has 4 nitrogen and oxygen atoms in total. The smallest absolute Gasteiger partial charge is 0.187 e. The Morgan fingerprint density at radius 3 is 2.79 bits per heavy atom. The van der Waals surface area contributed by atoms with E-state index in [1.165, 1.54) is 5.56 Å². The van der Waals surface area contributed by atoms with Gasteiger partial charge >= 0.3 is 0 Å². The number of aromatic nitrogens is 1. The van der Waals surface area contributed by atoms with Gasteiger partial charge in [-0.3, -0.25) is 4.79 Å². The van der Waals surface area contributed by atoms with E-state index in [0.29, 0.717) is 5.56 Å². The maximum absolute atomic E-state index is 12.5. The quantitative estimate of drug-likeness (QED) is 0.573. The minimum absolute atomic E-state index is 0.00202. The second kappa shape index (κ2) is 5.89. The van der Waals surface area contributed by atoms with Crippen LogP contribution in [-0.2, 0) is 6.42 Å². The second-order valence-electron chi connectivity index (χ2n) is 5.86. The lowest BCUT2D eigenvalue weighted by Gasteiger charge is -2.17. The fourth-order valence-corrected chi connectivity index (χ4v) is 3.19. The molecule has 0 atom stereocenters. The van der Waals surface area contributed by atoms with Gasteiger partial charge in [0.15, 0.2) is 5.78 Å². The minimum Gasteiger partial charge on any atom is -0.497 e. The molecule has 0 fully saturated rings. The van der Waals surface area contributed by atoms with Crippen molar-refractivity contribution in [1.82, 2.24) is 10.3 Å². The van der Waals surface area contributed by atoms with Crippen LogP contribution in [0, 0.1) is 0 Å². The summed E-state index contributed by atoms with van der Waals surface area (Å²) in [5, 5.41) is 4.50. The summed E-state index contributed by atoms with van der Waals surface area (Å²) in [5.74, 6) is 0.843. The first kappa shape index (κ1) is 14.6. The lowest BCUT2D eigenvalue weighted by Crippen LogP contribution is -2.23. The molecule has 3 aromatic rings. The maximum Gasteiger partial charge on any atom is 0.187 e. The Hall–Kier alpha value is -3.01. The molecule has 24 heavy (non-hydrogen) atoms. The molecule has 0 saturated heterocycles. The van der Waals surface area contributed by atoms with E-state index in [2.05, 4.69) is 10.3 Å². The first-order valence-electron chi connectivity index (χ1n) is 8.00. The Morgan fingerprint density at radius 2 is 2.00 bits per heavy atom. The van der Waals surface area contributed by atoms with E-state index in [9.17, 15) is 4.79 Å². The zero-order chi connectivity index (χ0) is 16.5. The highest BCUT2D eigenvalue weighted by Crippen LogP contribution is 2.32. The van der Waals surface area contributed by atoms with Crippen LogP contribution in [0.25, 0.3) is 16.6 Å². The number of hydrogen-bond acceptors (Lipinski definition) is 3. The number of aromatic amines is 1. The molecule has 0 saturated carbocycles. The molecule has 2 aromatic carbocycles. The summed E-state index contributed by atoms with van der Waals surface area (Å²) in [5.41, 5.74) is 4.82. The normalized spacial score (nSPS) is 15.1. The van der Waals surface area contributed by atoms with Crippen LogP contribution in [0.3, 0.4) is 0 Å². The summed E-state index contributed by atoms with van der Waals surface area (Å²) >= 11 is 0. The van der Waals surface area contributed by atoms with Crippen LogP contribution in [0.2, 0.25) is 0 Å². The topological polar surface area (TPSA) is 54.1 Å². The molecule has 0 bridgehead atoms.